The summed E-state index contributed by atoms with van der Waals surface area (Å²) in [6, 6.07) is 22.7. The van der Waals surface area contributed by atoms with Crippen molar-refractivity contribution in [3.8, 4) is 0 Å². The third-order valence-electron chi connectivity index (χ3n) is 4.93. The van der Waals surface area contributed by atoms with Crippen molar-refractivity contribution in [1.82, 2.24) is 0 Å². The highest BCUT2D eigenvalue weighted by atomic mass is 16.1. The molecule has 0 saturated carbocycles. The van der Waals surface area contributed by atoms with Crippen LogP contribution in [0.25, 0.3) is 12.2 Å². The van der Waals surface area contributed by atoms with Gasteiger partial charge < -0.3 is 10.6 Å². The molecule has 0 saturated heterocycles. The zero-order chi connectivity index (χ0) is 19.1. The molecule has 0 bridgehead atoms. The highest BCUT2D eigenvalue weighted by Crippen LogP contribution is 2.30. The second-order valence-corrected chi connectivity index (χ2v) is 6.78. The summed E-state index contributed by atoms with van der Waals surface area (Å²) < 4.78 is 0. The molecule has 4 heteroatoms. The maximum atomic E-state index is 12.5. The molecule has 2 N–H and O–H groups in total. The van der Waals surface area contributed by atoms with Crippen molar-refractivity contribution in [3.63, 3.8) is 0 Å². The van der Waals surface area contributed by atoms with Gasteiger partial charge in [0.15, 0.2) is 0 Å². The first kappa shape index (κ1) is 16.3. The maximum Gasteiger partial charge on any atom is 0.211 e. The van der Waals surface area contributed by atoms with Crippen molar-refractivity contribution in [1.29, 1.82) is 0 Å². The van der Waals surface area contributed by atoms with E-state index in [1.54, 1.807) is 0 Å². The number of ketones is 2. The fourth-order valence-electron chi connectivity index (χ4n) is 3.50. The first-order valence-corrected chi connectivity index (χ1v) is 9.04. The van der Waals surface area contributed by atoms with Crippen molar-refractivity contribution in [3.05, 3.63) is 106 Å². The summed E-state index contributed by atoms with van der Waals surface area (Å²) in [5.41, 5.74) is 6.03. The molecular formula is C24H16N2O2. The summed E-state index contributed by atoms with van der Waals surface area (Å²) in [6.45, 7) is 0. The minimum Gasteiger partial charge on any atom is -0.352 e. The number of fused-ring (bicyclic) bond motifs is 2. The maximum absolute atomic E-state index is 12.5. The lowest BCUT2D eigenvalue weighted by atomic mass is 10.1. The Labute approximate surface area is 162 Å². The Morgan fingerprint density at radius 1 is 0.536 bits per heavy atom. The monoisotopic (exact) mass is 364 g/mol. The minimum absolute atomic E-state index is 0.000288. The molecular weight excluding hydrogens is 348 g/mol. The summed E-state index contributed by atoms with van der Waals surface area (Å²) in [5, 5.41) is 6.33. The quantitative estimate of drug-likeness (QED) is 0.629. The van der Waals surface area contributed by atoms with Crippen molar-refractivity contribution >= 4 is 35.1 Å². The molecule has 0 spiro atoms. The summed E-state index contributed by atoms with van der Waals surface area (Å²) in [7, 11) is 0. The lowest BCUT2D eigenvalue weighted by Crippen LogP contribution is -2.00. The van der Waals surface area contributed by atoms with E-state index >= 15 is 0 Å². The lowest BCUT2D eigenvalue weighted by molar-refractivity contribution is 0.103. The topological polar surface area (TPSA) is 58.2 Å². The van der Waals surface area contributed by atoms with E-state index in [2.05, 4.69) is 10.6 Å². The van der Waals surface area contributed by atoms with Crippen LogP contribution in [0.15, 0.2) is 84.2 Å². The summed E-state index contributed by atoms with van der Waals surface area (Å²) >= 11 is 0. The average molecular weight is 364 g/mol. The van der Waals surface area contributed by atoms with Crippen LogP contribution in [0.3, 0.4) is 0 Å². The van der Waals surface area contributed by atoms with Crippen LogP contribution in [0.5, 0.6) is 0 Å². The molecule has 0 aliphatic carbocycles. The molecule has 2 aliphatic rings. The van der Waals surface area contributed by atoms with Crippen LogP contribution in [-0.4, -0.2) is 11.6 Å². The van der Waals surface area contributed by atoms with E-state index in [0.29, 0.717) is 22.5 Å². The number of carbonyl (C=O) groups is 2. The molecule has 3 aromatic rings. The Bertz CT molecular complexity index is 1090. The molecule has 0 atom stereocenters. The second kappa shape index (κ2) is 6.35. The van der Waals surface area contributed by atoms with Gasteiger partial charge in [0, 0.05) is 22.5 Å². The standard InChI is InChI=1S/C24H16N2O2/c27-23-17-5-1-3-7-19(17)25-21(23)13-15-9-11-16(12-10-15)14-22-24(28)18-6-2-4-8-20(18)26-22/h1-14,25-26H/b21-13-,22-14-. The number of anilines is 2. The molecule has 4 nitrogen and oxygen atoms in total. The first-order valence-electron chi connectivity index (χ1n) is 9.04. The number of allylic oxidation sites excluding steroid dienone is 2. The van der Waals surface area contributed by atoms with E-state index in [1.165, 1.54) is 0 Å². The number of hydrogen-bond acceptors (Lipinski definition) is 4. The van der Waals surface area contributed by atoms with Crippen LogP contribution in [0.2, 0.25) is 0 Å². The zero-order valence-corrected chi connectivity index (χ0v) is 14.9. The average Bonchev–Trinajstić information content (AvgIpc) is 3.21. The number of benzene rings is 3. The summed E-state index contributed by atoms with van der Waals surface area (Å²) in [5.74, 6) is 0.000577. The van der Waals surface area contributed by atoms with E-state index in [9.17, 15) is 9.59 Å². The summed E-state index contributed by atoms with van der Waals surface area (Å²) in [6.07, 6.45) is 3.68. The van der Waals surface area contributed by atoms with E-state index in [-0.39, 0.29) is 11.6 Å². The predicted molar refractivity (Wildman–Crippen MR) is 111 cm³/mol. The Hall–Kier alpha value is -3.92. The zero-order valence-electron chi connectivity index (χ0n) is 14.9. The molecule has 28 heavy (non-hydrogen) atoms. The third-order valence-corrected chi connectivity index (χ3v) is 4.93. The Morgan fingerprint density at radius 2 is 0.929 bits per heavy atom. The van der Waals surface area contributed by atoms with Crippen LogP contribution in [0.4, 0.5) is 11.4 Å². The van der Waals surface area contributed by atoms with Crippen molar-refractivity contribution in [2.45, 2.75) is 0 Å². The van der Waals surface area contributed by atoms with Gasteiger partial charge >= 0.3 is 0 Å². The lowest BCUT2D eigenvalue weighted by Gasteiger charge is -2.02. The van der Waals surface area contributed by atoms with Crippen LogP contribution in [0, 0.1) is 0 Å². The number of Topliss-reactive ketones (excluding diaryl/α,β-unsaturated/α-hetero) is 2. The molecule has 0 amide bonds. The van der Waals surface area contributed by atoms with Crippen LogP contribution >= 0.6 is 0 Å². The van der Waals surface area contributed by atoms with Crippen molar-refractivity contribution in [2.75, 3.05) is 10.6 Å². The van der Waals surface area contributed by atoms with Crippen LogP contribution < -0.4 is 10.6 Å². The highest BCUT2D eigenvalue weighted by Gasteiger charge is 2.24. The van der Waals surface area contributed by atoms with Gasteiger partial charge in [-0.05, 0) is 47.5 Å². The fraction of sp³-hybridized carbons (Fsp3) is 0. The van der Waals surface area contributed by atoms with E-state index in [1.807, 2.05) is 84.9 Å². The van der Waals surface area contributed by atoms with Gasteiger partial charge in [0.2, 0.25) is 11.6 Å². The normalized spacial score (nSPS) is 17.4. The Morgan fingerprint density at radius 3 is 1.32 bits per heavy atom. The Kier molecular flexibility index (Phi) is 3.69. The molecule has 0 aromatic heterocycles. The van der Waals surface area contributed by atoms with Gasteiger partial charge in [0.05, 0.1) is 11.4 Å². The number of carbonyl (C=O) groups excluding carboxylic acids is 2. The van der Waals surface area contributed by atoms with E-state index in [0.717, 1.165) is 22.5 Å². The Balaban J connectivity index is 1.38. The molecule has 134 valence electrons. The number of rotatable bonds is 2. The fourth-order valence-corrected chi connectivity index (χ4v) is 3.50. The van der Waals surface area contributed by atoms with E-state index in [4.69, 9.17) is 0 Å². The van der Waals surface area contributed by atoms with Gasteiger partial charge in [-0.2, -0.15) is 0 Å². The second-order valence-electron chi connectivity index (χ2n) is 6.78. The van der Waals surface area contributed by atoms with Crippen molar-refractivity contribution in [2.24, 2.45) is 0 Å². The number of nitrogens with one attached hydrogen (secondary N) is 2. The largest absolute Gasteiger partial charge is 0.352 e. The number of para-hydroxylation sites is 2. The van der Waals surface area contributed by atoms with Crippen LogP contribution in [0.1, 0.15) is 31.8 Å². The minimum atomic E-state index is 0.000288. The first-order chi connectivity index (χ1) is 13.7. The van der Waals surface area contributed by atoms with Gasteiger partial charge in [0.25, 0.3) is 0 Å². The molecule has 2 heterocycles. The molecule has 5 rings (SSSR count). The van der Waals surface area contributed by atoms with Gasteiger partial charge in [-0.25, -0.2) is 0 Å². The SMILES string of the molecule is O=C1/C(=C/c2ccc(/C=C3\Nc4ccccc4C3=O)cc2)Nc2ccccc21. The summed E-state index contributed by atoms with van der Waals surface area (Å²) in [4.78, 5) is 24.9. The number of hydrogen-bond donors (Lipinski definition) is 2. The molecule has 0 unspecified atom stereocenters. The van der Waals surface area contributed by atoms with Gasteiger partial charge in [-0.15, -0.1) is 0 Å². The van der Waals surface area contributed by atoms with Crippen molar-refractivity contribution < 1.29 is 9.59 Å². The van der Waals surface area contributed by atoms with Crippen LogP contribution in [-0.2, 0) is 0 Å². The molecule has 2 aliphatic heterocycles. The van der Waals surface area contributed by atoms with Gasteiger partial charge in [-0.3, -0.25) is 9.59 Å². The van der Waals surface area contributed by atoms with Gasteiger partial charge in [0.1, 0.15) is 0 Å². The smallest absolute Gasteiger partial charge is 0.211 e. The molecule has 0 radical (unpaired) electrons. The third kappa shape index (κ3) is 2.72. The predicted octanol–water partition coefficient (Wildman–Crippen LogP) is 4.99. The van der Waals surface area contributed by atoms with E-state index < -0.39 is 0 Å². The molecule has 0 fully saturated rings. The van der Waals surface area contributed by atoms with Gasteiger partial charge in [-0.1, -0.05) is 48.5 Å². The highest BCUT2D eigenvalue weighted by molar-refractivity contribution is 6.21. The molecule has 3 aromatic carbocycles.